The van der Waals surface area contributed by atoms with Crippen molar-refractivity contribution < 1.29 is 19.1 Å². The number of nitrogens with zero attached hydrogens (tertiary/aromatic N) is 3. The third-order valence-electron chi connectivity index (χ3n) is 3.91. The van der Waals surface area contributed by atoms with Crippen LogP contribution in [0.3, 0.4) is 0 Å². The molecule has 0 spiro atoms. The maximum absolute atomic E-state index is 11.8. The summed E-state index contributed by atoms with van der Waals surface area (Å²) in [7, 11) is 5.08. The van der Waals surface area contributed by atoms with Crippen LogP contribution in [0.2, 0.25) is 0 Å². The second kappa shape index (κ2) is 12.8. The van der Waals surface area contributed by atoms with Crippen LogP contribution in [0.5, 0.6) is 0 Å². The van der Waals surface area contributed by atoms with Gasteiger partial charge < -0.3 is 19.4 Å². The molecule has 0 unspecified atom stereocenters. The Morgan fingerprint density at radius 2 is 1.46 bits per heavy atom. The van der Waals surface area contributed by atoms with Crippen molar-refractivity contribution in [2.45, 2.75) is 39.5 Å². The number of hydrogen-bond acceptors (Lipinski definition) is 4. The lowest BCUT2D eigenvalue weighted by molar-refractivity contribution is -0.134. The van der Waals surface area contributed by atoms with Crippen molar-refractivity contribution in [2.75, 3.05) is 54.0 Å². The monoisotopic (exact) mass is 343 g/mol. The Labute approximate surface area is 145 Å². The molecule has 0 bridgehead atoms. The zero-order chi connectivity index (χ0) is 18.5. The summed E-state index contributed by atoms with van der Waals surface area (Å²) in [6, 6.07) is 0. The predicted molar refractivity (Wildman–Crippen MR) is 93.5 cm³/mol. The van der Waals surface area contributed by atoms with Crippen molar-refractivity contribution in [3.05, 3.63) is 0 Å². The van der Waals surface area contributed by atoms with Crippen molar-refractivity contribution in [2.24, 2.45) is 0 Å². The molecular formula is C17H33N3O4. The molecule has 0 saturated heterocycles. The Kier molecular flexibility index (Phi) is 11.9. The maximum atomic E-state index is 11.8. The number of hydrogen-bond donors (Lipinski definition) is 0. The molecule has 0 atom stereocenters. The molecule has 0 heterocycles. The van der Waals surface area contributed by atoms with Gasteiger partial charge in [0.1, 0.15) is 0 Å². The molecular weight excluding hydrogens is 310 g/mol. The highest BCUT2D eigenvalue weighted by Gasteiger charge is 2.14. The molecule has 7 nitrogen and oxygen atoms in total. The zero-order valence-electron chi connectivity index (χ0n) is 15.8. The van der Waals surface area contributed by atoms with Crippen LogP contribution in [0.25, 0.3) is 0 Å². The van der Waals surface area contributed by atoms with Crippen LogP contribution in [0, 0.1) is 0 Å². The summed E-state index contributed by atoms with van der Waals surface area (Å²) < 4.78 is 4.89. The van der Waals surface area contributed by atoms with Crippen LogP contribution in [-0.2, 0) is 19.1 Å². The van der Waals surface area contributed by atoms with Gasteiger partial charge in [-0.25, -0.2) is 0 Å². The predicted octanol–water partition coefficient (Wildman–Crippen LogP) is 0.978. The van der Waals surface area contributed by atoms with Gasteiger partial charge in [-0.3, -0.25) is 14.4 Å². The average molecular weight is 343 g/mol. The lowest BCUT2D eigenvalue weighted by Crippen LogP contribution is -2.40. The van der Waals surface area contributed by atoms with E-state index in [2.05, 4.69) is 0 Å². The second-order valence-electron chi connectivity index (χ2n) is 5.98. The molecule has 0 N–H and O–H groups in total. The van der Waals surface area contributed by atoms with Crippen molar-refractivity contribution in [3.63, 3.8) is 0 Å². The van der Waals surface area contributed by atoms with Crippen molar-refractivity contribution in [3.8, 4) is 0 Å². The Balaban J connectivity index is 4.20. The van der Waals surface area contributed by atoms with Gasteiger partial charge in [0.25, 0.3) is 0 Å². The molecule has 0 rings (SSSR count). The van der Waals surface area contributed by atoms with Gasteiger partial charge in [0.2, 0.25) is 17.7 Å². The molecule has 0 aliphatic heterocycles. The van der Waals surface area contributed by atoms with E-state index in [1.807, 2.05) is 6.92 Å². The number of ether oxygens (including phenoxy) is 1. The summed E-state index contributed by atoms with van der Waals surface area (Å²) in [5.41, 5.74) is 0. The fourth-order valence-electron chi connectivity index (χ4n) is 2.23. The van der Waals surface area contributed by atoms with Crippen molar-refractivity contribution >= 4 is 17.7 Å². The summed E-state index contributed by atoms with van der Waals surface area (Å²) >= 11 is 0. The Morgan fingerprint density at radius 1 is 0.875 bits per heavy atom. The third-order valence-corrected chi connectivity index (χ3v) is 3.91. The molecule has 0 aromatic rings. The smallest absolute Gasteiger partial charge is 0.224 e. The summed E-state index contributed by atoms with van der Waals surface area (Å²) in [6.07, 6.45) is 2.47. The molecule has 7 heteroatoms. The number of amides is 3. The van der Waals surface area contributed by atoms with Crippen molar-refractivity contribution in [1.29, 1.82) is 0 Å². The second-order valence-corrected chi connectivity index (χ2v) is 5.98. The van der Waals surface area contributed by atoms with Crippen LogP contribution >= 0.6 is 0 Å². The van der Waals surface area contributed by atoms with E-state index in [1.54, 1.807) is 35.9 Å². The van der Waals surface area contributed by atoms with E-state index in [0.29, 0.717) is 45.6 Å². The summed E-state index contributed by atoms with van der Waals surface area (Å²) in [5, 5.41) is 0. The third kappa shape index (κ3) is 9.50. The Hall–Kier alpha value is -1.63. The zero-order valence-corrected chi connectivity index (χ0v) is 15.8. The van der Waals surface area contributed by atoms with E-state index in [4.69, 9.17) is 4.74 Å². The summed E-state index contributed by atoms with van der Waals surface area (Å²) in [4.78, 5) is 40.3. The largest absolute Gasteiger partial charge is 0.384 e. The van der Waals surface area contributed by atoms with Gasteiger partial charge in [0.15, 0.2) is 0 Å². The van der Waals surface area contributed by atoms with E-state index in [0.717, 1.165) is 12.8 Å². The van der Waals surface area contributed by atoms with Crippen LogP contribution in [0.1, 0.15) is 39.5 Å². The van der Waals surface area contributed by atoms with Crippen LogP contribution < -0.4 is 0 Å². The Bertz CT molecular complexity index is 401. The van der Waals surface area contributed by atoms with E-state index < -0.39 is 0 Å². The molecule has 3 amide bonds. The quantitative estimate of drug-likeness (QED) is 0.530. The fraction of sp³-hybridized carbons (Fsp3) is 0.824. The first kappa shape index (κ1) is 22.4. The first-order valence-corrected chi connectivity index (χ1v) is 8.55. The van der Waals surface area contributed by atoms with Gasteiger partial charge >= 0.3 is 0 Å². The number of carbonyl (C=O) groups is 3. The molecule has 140 valence electrons. The van der Waals surface area contributed by atoms with E-state index in [9.17, 15) is 14.4 Å². The van der Waals surface area contributed by atoms with Gasteiger partial charge in [0, 0.05) is 60.7 Å². The van der Waals surface area contributed by atoms with Gasteiger partial charge in [0.05, 0.1) is 13.0 Å². The molecule has 24 heavy (non-hydrogen) atoms. The highest BCUT2D eigenvalue weighted by Crippen LogP contribution is 2.00. The summed E-state index contributed by atoms with van der Waals surface area (Å²) in [5.74, 6) is 0.121. The van der Waals surface area contributed by atoms with Gasteiger partial charge in [-0.05, 0) is 12.8 Å². The number of carbonyl (C=O) groups excluding carboxylic acids is 3. The maximum Gasteiger partial charge on any atom is 0.224 e. The molecule has 0 radical (unpaired) electrons. The number of methoxy groups -OCH3 is 1. The van der Waals surface area contributed by atoms with E-state index in [1.165, 1.54) is 6.92 Å². The molecule has 0 aromatic carbocycles. The first-order chi connectivity index (χ1) is 11.3. The topological polar surface area (TPSA) is 70.2 Å². The lowest BCUT2D eigenvalue weighted by Gasteiger charge is -2.26. The van der Waals surface area contributed by atoms with Crippen LogP contribution in [0.4, 0.5) is 0 Å². The summed E-state index contributed by atoms with van der Waals surface area (Å²) in [6.45, 7) is 6.11. The van der Waals surface area contributed by atoms with Crippen LogP contribution in [-0.4, -0.2) is 86.4 Å². The lowest BCUT2D eigenvalue weighted by atomic mass is 10.3. The van der Waals surface area contributed by atoms with Crippen molar-refractivity contribution in [1.82, 2.24) is 14.7 Å². The van der Waals surface area contributed by atoms with Gasteiger partial charge in [-0.15, -0.1) is 0 Å². The minimum atomic E-state index is -0.0183. The molecule has 0 fully saturated rings. The highest BCUT2D eigenvalue weighted by molar-refractivity contribution is 5.76. The van der Waals surface area contributed by atoms with E-state index >= 15 is 0 Å². The fourth-order valence-corrected chi connectivity index (χ4v) is 2.23. The molecule has 0 aliphatic rings. The Morgan fingerprint density at radius 3 is 2.00 bits per heavy atom. The molecule has 0 aliphatic carbocycles. The standard InChI is InChI=1S/C17H33N3O4/c1-6-8-16(22)18(3)10-7-11-20(15(2)21)13-12-19(4)17(23)9-14-24-5/h6-14H2,1-5H3. The average Bonchev–Trinajstić information content (AvgIpc) is 2.54. The van der Waals surface area contributed by atoms with Gasteiger partial charge in [-0.2, -0.15) is 0 Å². The van der Waals surface area contributed by atoms with E-state index in [-0.39, 0.29) is 17.7 Å². The first-order valence-electron chi connectivity index (χ1n) is 8.55. The number of likely N-dealkylation sites (N-methyl/N-ethyl adjacent to an activating group) is 1. The van der Waals surface area contributed by atoms with Gasteiger partial charge in [-0.1, -0.05) is 6.92 Å². The number of rotatable bonds is 12. The van der Waals surface area contributed by atoms with Crippen LogP contribution in [0.15, 0.2) is 0 Å². The minimum absolute atomic E-state index is 0.00486. The minimum Gasteiger partial charge on any atom is -0.384 e. The normalized spacial score (nSPS) is 10.4. The molecule has 0 saturated carbocycles. The highest BCUT2D eigenvalue weighted by atomic mass is 16.5. The molecule has 0 aromatic heterocycles. The SMILES string of the molecule is CCCC(=O)N(C)CCCN(CCN(C)C(=O)CCOC)C(C)=O.